The summed E-state index contributed by atoms with van der Waals surface area (Å²) in [5.74, 6) is 0.729. The first-order chi connectivity index (χ1) is 8.72. The zero-order valence-electron chi connectivity index (χ0n) is 12.0. The van der Waals surface area contributed by atoms with Gasteiger partial charge in [0.05, 0.1) is 0 Å². The van der Waals surface area contributed by atoms with Crippen LogP contribution in [0, 0.1) is 5.92 Å². The van der Waals surface area contributed by atoms with Crippen LogP contribution >= 0.6 is 0 Å². The van der Waals surface area contributed by atoms with Crippen molar-refractivity contribution in [2.45, 2.75) is 40.2 Å². The van der Waals surface area contributed by atoms with Gasteiger partial charge in [0, 0.05) is 19.8 Å². The molecule has 2 heteroatoms. The van der Waals surface area contributed by atoms with Crippen LogP contribution in [0.1, 0.15) is 38.3 Å². The molecule has 0 unspecified atom stereocenters. The van der Waals surface area contributed by atoms with Crippen molar-refractivity contribution in [1.82, 2.24) is 5.32 Å². The van der Waals surface area contributed by atoms with Gasteiger partial charge in [0.25, 0.3) is 0 Å². The maximum atomic E-state index is 5.30. The first-order valence-corrected chi connectivity index (χ1v) is 7.08. The Bertz CT molecular complexity index is 305. The molecule has 0 aromatic heterocycles. The minimum Gasteiger partial charge on any atom is -0.382 e. The molecule has 0 bridgehead atoms. The average Bonchev–Trinajstić information content (AvgIpc) is 2.35. The summed E-state index contributed by atoms with van der Waals surface area (Å²) in [6.45, 7) is 10.2. The standard InChI is InChI=1S/C16H27NO/c1-4-18-11-5-10-17-13-16-8-6-15(7-9-16)12-14(2)3/h6-9,14,17H,4-5,10-13H2,1-3H3. The third-order valence-electron chi connectivity index (χ3n) is 2.84. The molecule has 0 saturated carbocycles. The lowest BCUT2D eigenvalue weighted by atomic mass is 10.0. The normalized spacial score (nSPS) is 11.1. The van der Waals surface area contributed by atoms with Gasteiger partial charge in [-0.25, -0.2) is 0 Å². The first-order valence-electron chi connectivity index (χ1n) is 7.08. The Morgan fingerprint density at radius 2 is 1.78 bits per heavy atom. The summed E-state index contributed by atoms with van der Waals surface area (Å²) in [6, 6.07) is 8.95. The fourth-order valence-corrected chi connectivity index (χ4v) is 1.94. The van der Waals surface area contributed by atoms with Gasteiger partial charge in [-0.1, -0.05) is 38.1 Å². The number of ether oxygens (including phenoxy) is 1. The molecule has 1 rings (SSSR count). The van der Waals surface area contributed by atoms with Crippen LogP contribution in [0.3, 0.4) is 0 Å². The van der Waals surface area contributed by atoms with E-state index >= 15 is 0 Å². The molecule has 0 aliphatic carbocycles. The molecule has 18 heavy (non-hydrogen) atoms. The van der Waals surface area contributed by atoms with Crippen molar-refractivity contribution in [1.29, 1.82) is 0 Å². The lowest BCUT2D eigenvalue weighted by molar-refractivity contribution is 0.144. The van der Waals surface area contributed by atoms with Gasteiger partial charge in [0.2, 0.25) is 0 Å². The molecule has 0 spiro atoms. The predicted molar refractivity (Wildman–Crippen MR) is 77.8 cm³/mol. The largest absolute Gasteiger partial charge is 0.382 e. The van der Waals surface area contributed by atoms with Crippen molar-refractivity contribution in [3.05, 3.63) is 35.4 Å². The van der Waals surface area contributed by atoms with Gasteiger partial charge in [-0.05, 0) is 43.4 Å². The van der Waals surface area contributed by atoms with Crippen LogP contribution in [0.5, 0.6) is 0 Å². The van der Waals surface area contributed by atoms with Crippen molar-refractivity contribution >= 4 is 0 Å². The minimum atomic E-state index is 0.729. The van der Waals surface area contributed by atoms with E-state index in [1.807, 2.05) is 6.92 Å². The topological polar surface area (TPSA) is 21.3 Å². The lowest BCUT2D eigenvalue weighted by Gasteiger charge is -2.08. The minimum absolute atomic E-state index is 0.729. The SMILES string of the molecule is CCOCCCNCc1ccc(CC(C)C)cc1. The van der Waals surface area contributed by atoms with Crippen LogP contribution in [0.2, 0.25) is 0 Å². The Morgan fingerprint density at radius 3 is 2.39 bits per heavy atom. The highest BCUT2D eigenvalue weighted by Gasteiger charge is 1.98. The Balaban J connectivity index is 2.18. The number of rotatable bonds is 9. The van der Waals surface area contributed by atoms with Crippen LogP contribution < -0.4 is 5.32 Å². The third-order valence-corrected chi connectivity index (χ3v) is 2.84. The summed E-state index contributed by atoms with van der Waals surface area (Å²) >= 11 is 0. The van der Waals surface area contributed by atoms with Gasteiger partial charge < -0.3 is 10.1 Å². The van der Waals surface area contributed by atoms with E-state index in [4.69, 9.17) is 4.74 Å². The van der Waals surface area contributed by atoms with E-state index in [0.29, 0.717) is 0 Å². The molecule has 0 heterocycles. The highest BCUT2D eigenvalue weighted by molar-refractivity contribution is 5.22. The fourth-order valence-electron chi connectivity index (χ4n) is 1.94. The van der Waals surface area contributed by atoms with E-state index in [-0.39, 0.29) is 0 Å². The summed E-state index contributed by atoms with van der Waals surface area (Å²) in [7, 11) is 0. The van der Waals surface area contributed by atoms with Crippen LogP contribution in [-0.2, 0) is 17.7 Å². The molecular formula is C16H27NO. The van der Waals surface area contributed by atoms with Crippen molar-refractivity contribution in [3.63, 3.8) is 0 Å². The summed E-state index contributed by atoms with van der Waals surface area (Å²) in [6.07, 6.45) is 2.25. The Morgan fingerprint density at radius 1 is 1.11 bits per heavy atom. The summed E-state index contributed by atoms with van der Waals surface area (Å²) in [5.41, 5.74) is 2.80. The maximum absolute atomic E-state index is 5.30. The molecule has 0 saturated heterocycles. The number of nitrogens with one attached hydrogen (secondary N) is 1. The average molecular weight is 249 g/mol. The highest BCUT2D eigenvalue weighted by Crippen LogP contribution is 2.09. The van der Waals surface area contributed by atoms with Crippen molar-refractivity contribution in [2.24, 2.45) is 5.92 Å². The van der Waals surface area contributed by atoms with Crippen LogP contribution in [0.4, 0.5) is 0 Å². The third kappa shape index (κ3) is 6.77. The molecular weight excluding hydrogens is 222 g/mol. The molecule has 102 valence electrons. The van der Waals surface area contributed by atoms with Crippen LogP contribution in [0.15, 0.2) is 24.3 Å². The number of hydrogen-bond donors (Lipinski definition) is 1. The van der Waals surface area contributed by atoms with Crippen molar-refractivity contribution in [3.8, 4) is 0 Å². The quantitative estimate of drug-likeness (QED) is 0.677. The summed E-state index contributed by atoms with van der Waals surface area (Å²) < 4.78 is 5.30. The van der Waals surface area contributed by atoms with Gasteiger partial charge in [0.1, 0.15) is 0 Å². The van der Waals surface area contributed by atoms with Crippen LogP contribution in [-0.4, -0.2) is 19.8 Å². The molecule has 0 atom stereocenters. The smallest absolute Gasteiger partial charge is 0.0477 e. The molecule has 0 radical (unpaired) electrons. The zero-order chi connectivity index (χ0) is 13.2. The van der Waals surface area contributed by atoms with Gasteiger partial charge in [-0.2, -0.15) is 0 Å². The second-order valence-electron chi connectivity index (χ2n) is 5.14. The highest BCUT2D eigenvalue weighted by atomic mass is 16.5. The molecule has 1 aromatic rings. The second-order valence-corrected chi connectivity index (χ2v) is 5.14. The van der Waals surface area contributed by atoms with Crippen molar-refractivity contribution < 1.29 is 4.74 Å². The van der Waals surface area contributed by atoms with Gasteiger partial charge >= 0.3 is 0 Å². The van der Waals surface area contributed by atoms with Gasteiger partial charge in [0.15, 0.2) is 0 Å². The molecule has 2 nitrogen and oxygen atoms in total. The van der Waals surface area contributed by atoms with E-state index in [1.165, 1.54) is 17.5 Å². The molecule has 1 aromatic carbocycles. The Kier molecular flexibility index (Phi) is 7.70. The Hall–Kier alpha value is -0.860. The molecule has 0 fully saturated rings. The summed E-state index contributed by atoms with van der Waals surface area (Å²) in [5, 5.41) is 3.44. The zero-order valence-corrected chi connectivity index (χ0v) is 12.0. The molecule has 0 aliphatic heterocycles. The lowest BCUT2D eigenvalue weighted by Crippen LogP contribution is -2.16. The van der Waals surface area contributed by atoms with Gasteiger partial charge in [-0.15, -0.1) is 0 Å². The van der Waals surface area contributed by atoms with E-state index < -0.39 is 0 Å². The van der Waals surface area contributed by atoms with Crippen molar-refractivity contribution in [2.75, 3.05) is 19.8 Å². The number of hydrogen-bond acceptors (Lipinski definition) is 2. The van der Waals surface area contributed by atoms with Gasteiger partial charge in [-0.3, -0.25) is 0 Å². The molecule has 1 N–H and O–H groups in total. The molecule has 0 aliphatic rings. The van der Waals surface area contributed by atoms with E-state index in [9.17, 15) is 0 Å². The molecule has 0 amide bonds. The van der Waals surface area contributed by atoms with E-state index in [1.54, 1.807) is 0 Å². The Labute approximate surface area is 112 Å². The fraction of sp³-hybridized carbons (Fsp3) is 0.625. The number of benzene rings is 1. The van der Waals surface area contributed by atoms with E-state index in [2.05, 4.69) is 43.4 Å². The monoisotopic (exact) mass is 249 g/mol. The predicted octanol–water partition coefficient (Wildman–Crippen LogP) is 3.40. The van der Waals surface area contributed by atoms with Crippen LogP contribution in [0.25, 0.3) is 0 Å². The maximum Gasteiger partial charge on any atom is 0.0477 e. The van der Waals surface area contributed by atoms with E-state index in [0.717, 1.165) is 38.6 Å². The first kappa shape index (κ1) is 15.2. The second kappa shape index (κ2) is 9.12. The summed E-state index contributed by atoms with van der Waals surface area (Å²) in [4.78, 5) is 0.